The molecule has 0 aliphatic carbocycles. The summed E-state index contributed by atoms with van der Waals surface area (Å²) in [6.07, 6.45) is 0. The summed E-state index contributed by atoms with van der Waals surface area (Å²) in [5.41, 5.74) is 1.14. The molecule has 0 atom stereocenters. The number of ether oxygens (including phenoxy) is 5. The molecule has 1 aliphatic heterocycles. The molecule has 0 radical (unpaired) electrons. The van der Waals surface area contributed by atoms with Gasteiger partial charge in [0.05, 0.1) is 45.7 Å². The SMILES string of the molecule is Cc1sc2cc3c(cc2[n+]1C)OCCOCCOCCOCCO3. The highest BCUT2D eigenvalue weighted by Gasteiger charge is 2.18. The van der Waals surface area contributed by atoms with Crippen LogP contribution in [0.15, 0.2) is 12.1 Å². The van der Waals surface area contributed by atoms with Crippen LogP contribution in [-0.4, -0.2) is 52.9 Å². The van der Waals surface area contributed by atoms with E-state index < -0.39 is 0 Å². The van der Waals surface area contributed by atoms with Crippen LogP contribution in [0.4, 0.5) is 0 Å². The number of rotatable bonds is 0. The van der Waals surface area contributed by atoms with Crippen LogP contribution < -0.4 is 14.0 Å². The predicted molar refractivity (Wildman–Crippen MR) is 91.2 cm³/mol. The van der Waals surface area contributed by atoms with Crippen LogP contribution >= 0.6 is 11.3 Å². The molecule has 7 heteroatoms. The fraction of sp³-hybridized carbons (Fsp3) is 0.588. The number of benzene rings is 1. The van der Waals surface area contributed by atoms with E-state index >= 15 is 0 Å². The van der Waals surface area contributed by atoms with Crippen molar-refractivity contribution in [3.05, 3.63) is 17.1 Å². The molecule has 1 aromatic heterocycles. The lowest BCUT2D eigenvalue weighted by atomic mass is 10.3. The summed E-state index contributed by atoms with van der Waals surface area (Å²) in [7, 11) is 2.06. The predicted octanol–water partition coefficient (Wildman–Crippen LogP) is 1.86. The summed E-state index contributed by atoms with van der Waals surface area (Å²) in [6.45, 7) is 6.37. The van der Waals surface area contributed by atoms with E-state index in [1.807, 2.05) is 12.1 Å². The van der Waals surface area contributed by atoms with Gasteiger partial charge in [-0.05, 0) is 0 Å². The molecule has 0 saturated carbocycles. The van der Waals surface area contributed by atoms with E-state index in [-0.39, 0.29) is 0 Å². The summed E-state index contributed by atoms with van der Waals surface area (Å²) in [4.78, 5) is 0. The molecule has 2 heterocycles. The zero-order valence-corrected chi connectivity index (χ0v) is 15.0. The number of hydrogen-bond acceptors (Lipinski definition) is 6. The molecule has 0 fully saturated rings. The van der Waals surface area contributed by atoms with E-state index in [0.717, 1.165) is 17.0 Å². The Kier molecular flexibility index (Phi) is 6.25. The first-order valence-electron chi connectivity index (χ1n) is 8.18. The Morgan fingerprint density at radius 1 is 0.792 bits per heavy atom. The Bertz CT molecular complexity index is 673. The lowest BCUT2D eigenvalue weighted by molar-refractivity contribution is -0.646. The van der Waals surface area contributed by atoms with E-state index in [1.165, 1.54) is 9.71 Å². The average molecular weight is 354 g/mol. The van der Waals surface area contributed by atoms with Crippen LogP contribution in [0.5, 0.6) is 11.5 Å². The molecule has 0 saturated heterocycles. The quantitative estimate of drug-likeness (QED) is 0.676. The highest BCUT2D eigenvalue weighted by Crippen LogP contribution is 2.34. The first-order chi connectivity index (χ1) is 11.8. The second-order valence-corrected chi connectivity index (χ2v) is 6.72. The summed E-state index contributed by atoms with van der Waals surface area (Å²) < 4.78 is 31.5. The molecule has 132 valence electrons. The van der Waals surface area contributed by atoms with Gasteiger partial charge in [0.1, 0.15) is 25.0 Å². The Balaban J connectivity index is 1.79. The van der Waals surface area contributed by atoms with Gasteiger partial charge in [-0.1, -0.05) is 11.3 Å². The molecule has 2 aromatic rings. The second kappa shape index (κ2) is 8.62. The van der Waals surface area contributed by atoms with Gasteiger partial charge in [-0.15, -0.1) is 0 Å². The number of thiazole rings is 1. The summed E-state index contributed by atoms with van der Waals surface area (Å²) in [5, 5.41) is 1.24. The van der Waals surface area contributed by atoms with Crippen molar-refractivity contribution in [2.24, 2.45) is 7.05 Å². The van der Waals surface area contributed by atoms with Gasteiger partial charge < -0.3 is 23.7 Å². The van der Waals surface area contributed by atoms with Crippen LogP contribution in [0.2, 0.25) is 0 Å². The first kappa shape index (κ1) is 17.4. The molecule has 1 aliphatic rings. The van der Waals surface area contributed by atoms with Crippen molar-refractivity contribution >= 4 is 21.6 Å². The fourth-order valence-corrected chi connectivity index (χ4v) is 3.48. The maximum Gasteiger partial charge on any atom is 0.234 e. The third kappa shape index (κ3) is 4.36. The van der Waals surface area contributed by atoms with Crippen molar-refractivity contribution < 1.29 is 28.3 Å². The Hall–Kier alpha value is -1.41. The third-order valence-corrected chi connectivity index (χ3v) is 4.95. The first-order valence-corrected chi connectivity index (χ1v) is 8.99. The molecule has 0 amide bonds. The van der Waals surface area contributed by atoms with E-state index in [4.69, 9.17) is 23.7 Å². The van der Waals surface area contributed by atoms with E-state index in [1.54, 1.807) is 11.3 Å². The lowest BCUT2D eigenvalue weighted by Gasteiger charge is -2.12. The zero-order chi connectivity index (χ0) is 16.8. The van der Waals surface area contributed by atoms with Gasteiger partial charge in [-0.2, -0.15) is 4.57 Å². The molecule has 0 unspecified atom stereocenters. The van der Waals surface area contributed by atoms with Crippen molar-refractivity contribution in [1.82, 2.24) is 0 Å². The van der Waals surface area contributed by atoms with Gasteiger partial charge in [0.25, 0.3) is 0 Å². The van der Waals surface area contributed by atoms with Crippen LogP contribution in [0.1, 0.15) is 5.01 Å². The standard InChI is InChI=1S/C17H24NO5S/c1-13-18(2)14-11-15-16(12-17(14)24-13)23-10-8-21-6-4-19-3-5-20-7-9-22-15/h11-12H,3-10H2,1-2H3/q+1. The average Bonchev–Trinajstić information content (AvgIpc) is 2.84. The molecule has 0 bridgehead atoms. The topological polar surface area (TPSA) is 50.0 Å². The van der Waals surface area contributed by atoms with Crippen molar-refractivity contribution in [2.75, 3.05) is 52.9 Å². The van der Waals surface area contributed by atoms with E-state index in [2.05, 4.69) is 18.5 Å². The Morgan fingerprint density at radius 3 is 1.88 bits per heavy atom. The molecular weight excluding hydrogens is 330 g/mol. The third-order valence-electron chi connectivity index (χ3n) is 3.83. The maximum atomic E-state index is 5.90. The van der Waals surface area contributed by atoms with Crippen LogP contribution in [-0.2, 0) is 21.3 Å². The fourth-order valence-electron chi connectivity index (χ4n) is 2.46. The number of fused-ring (bicyclic) bond motifs is 2. The normalized spacial score (nSPS) is 18.1. The molecule has 3 rings (SSSR count). The van der Waals surface area contributed by atoms with Crippen LogP contribution in [0, 0.1) is 6.92 Å². The van der Waals surface area contributed by atoms with Gasteiger partial charge in [0.2, 0.25) is 10.5 Å². The number of aryl methyl sites for hydroxylation is 2. The van der Waals surface area contributed by atoms with Gasteiger partial charge in [0, 0.05) is 13.0 Å². The molecule has 0 N–H and O–H groups in total. The van der Waals surface area contributed by atoms with Gasteiger partial charge in [0.15, 0.2) is 11.5 Å². The monoisotopic (exact) mass is 354 g/mol. The Labute approximate surface area is 145 Å². The second-order valence-electron chi connectivity index (χ2n) is 5.48. The number of aromatic nitrogens is 1. The molecule has 24 heavy (non-hydrogen) atoms. The van der Waals surface area contributed by atoms with Gasteiger partial charge >= 0.3 is 0 Å². The molecule has 0 spiro atoms. The minimum absolute atomic E-state index is 0.477. The van der Waals surface area contributed by atoms with Crippen LogP contribution in [0.3, 0.4) is 0 Å². The van der Waals surface area contributed by atoms with Crippen LogP contribution in [0.25, 0.3) is 10.2 Å². The molecule has 1 aromatic carbocycles. The minimum Gasteiger partial charge on any atom is -0.487 e. The Morgan fingerprint density at radius 2 is 1.29 bits per heavy atom. The van der Waals surface area contributed by atoms with E-state index in [0.29, 0.717) is 52.9 Å². The van der Waals surface area contributed by atoms with Crippen molar-refractivity contribution in [1.29, 1.82) is 0 Å². The zero-order valence-electron chi connectivity index (χ0n) is 14.2. The maximum absolute atomic E-state index is 5.90. The minimum atomic E-state index is 0.477. The van der Waals surface area contributed by atoms with Gasteiger partial charge in [-0.25, -0.2) is 0 Å². The number of nitrogens with zero attached hydrogens (tertiary/aromatic N) is 1. The highest BCUT2D eigenvalue weighted by molar-refractivity contribution is 7.18. The molecule has 6 nitrogen and oxygen atoms in total. The van der Waals surface area contributed by atoms with Crippen molar-refractivity contribution in [3.8, 4) is 11.5 Å². The largest absolute Gasteiger partial charge is 0.487 e. The summed E-state index contributed by atoms with van der Waals surface area (Å²) in [5.74, 6) is 1.49. The van der Waals surface area contributed by atoms with Gasteiger partial charge in [-0.3, -0.25) is 0 Å². The summed E-state index contributed by atoms with van der Waals surface area (Å²) >= 11 is 1.74. The van der Waals surface area contributed by atoms with Crippen molar-refractivity contribution in [2.45, 2.75) is 6.92 Å². The smallest absolute Gasteiger partial charge is 0.234 e. The molecular formula is C17H24NO5S+. The van der Waals surface area contributed by atoms with E-state index in [9.17, 15) is 0 Å². The van der Waals surface area contributed by atoms with Crippen molar-refractivity contribution in [3.63, 3.8) is 0 Å². The lowest BCUT2D eigenvalue weighted by Crippen LogP contribution is -2.28. The highest BCUT2D eigenvalue weighted by atomic mass is 32.1. The summed E-state index contributed by atoms with van der Waals surface area (Å²) in [6, 6.07) is 4.08. The number of hydrogen-bond donors (Lipinski definition) is 0.